The second-order valence-corrected chi connectivity index (χ2v) is 5.09. The highest BCUT2D eigenvalue weighted by atomic mass is 28.3. The first-order valence-corrected chi connectivity index (χ1v) is 5.65. The normalized spacial score (nSPS) is 22.1. The molecule has 0 N–H and O–H groups in total. The molecule has 1 saturated heterocycles. The molecule has 0 amide bonds. The Morgan fingerprint density at radius 1 is 1.38 bits per heavy atom. The summed E-state index contributed by atoms with van der Waals surface area (Å²) in [7, 11) is -0.581. The Labute approximate surface area is 52.8 Å². The summed E-state index contributed by atoms with van der Waals surface area (Å²) in [5.74, 6) is 0. The van der Waals surface area contributed by atoms with E-state index >= 15 is 0 Å². The molecular weight excluding hydrogens is 116 g/mol. The van der Waals surface area contributed by atoms with Gasteiger partial charge in [0.1, 0.15) is 0 Å². The van der Waals surface area contributed by atoms with Gasteiger partial charge in [-0.15, -0.1) is 0 Å². The molecular formula is C6H14OSi. The van der Waals surface area contributed by atoms with Gasteiger partial charge in [-0.25, -0.2) is 0 Å². The fraction of sp³-hybridized carbons (Fsp3) is 1.00. The molecule has 0 aromatic heterocycles. The van der Waals surface area contributed by atoms with E-state index in [1.165, 1.54) is 24.9 Å². The molecule has 0 aromatic rings. The van der Waals surface area contributed by atoms with Crippen molar-refractivity contribution >= 4 is 9.04 Å². The monoisotopic (exact) mass is 130 g/mol. The summed E-state index contributed by atoms with van der Waals surface area (Å²) < 4.78 is 5.54. The van der Waals surface area contributed by atoms with Crippen molar-refractivity contribution in [1.82, 2.24) is 0 Å². The molecule has 1 aliphatic heterocycles. The van der Waals surface area contributed by atoms with E-state index in [1.807, 2.05) is 0 Å². The fourth-order valence-corrected chi connectivity index (χ4v) is 3.87. The van der Waals surface area contributed by atoms with E-state index in [2.05, 4.69) is 6.92 Å². The van der Waals surface area contributed by atoms with E-state index in [9.17, 15) is 0 Å². The Morgan fingerprint density at radius 3 is 2.50 bits per heavy atom. The SMILES string of the molecule is CCO[SiH]1CCCC1. The largest absolute Gasteiger partial charge is 0.420 e. The van der Waals surface area contributed by atoms with Gasteiger partial charge >= 0.3 is 0 Å². The van der Waals surface area contributed by atoms with Crippen LogP contribution in [-0.4, -0.2) is 15.6 Å². The Morgan fingerprint density at radius 2 is 2.00 bits per heavy atom. The zero-order valence-electron chi connectivity index (χ0n) is 5.52. The van der Waals surface area contributed by atoms with Crippen LogP contribution in [0.4, 0.5) is 0 Å². The van der Waals surface area contributed by atoms with Gasteiger partial charge in [0.15, 0.2) is 9.04 Å². The summed E-state index contributed by atoms with van der Waals surface area (Å²) in [4.78, 5) is 0. The highest BCUT2D eigenvalue weighted by Crippen LogP contribution is 2.19. The lowest BCUT2D eigenvalue weighted by Crippen LogP contribution is -2.11. The molecule has 1 heterocycles. The summed E-state index contributed by atoms with van der Waals surface area (Å²) in [6, 6.07) is 2.88. The standard InChI is InChI=1S/C6H14OSi/c1-2-7-8-5-3-4-6-8/h8H,2-6H2,1H3. The molecule has 0 bridgehead atoms. The van der Waals surface area contributed by atoms with E-state index in [1.54, 1.807) is 0 Å². The van der Waals surface area contributed by atoms with Crippen LogP contribution in [0.3, 0.4) is 0 Å². The Kier molecular flexibility index (Phi) is 2.56. The van der Waals surface area contributed by atoms with Gasteiger partial charge in [0.25, 0.3) is 0 Å². The van der Waals surface area contributed by atoms with Crippen molar-refractivity contribution in [2.45, 2.75) is 31.9 Å². The van der Waals surface area contributed by atoms with Crippen LogP contribution in [0, 0.1) is 0 Å². The Balaban J connectivity index is 2.06. The van der Waals surface area contributed by atoms with Crippen molar-refractivity contribution in [2.75, 3.05) is 6.61 Å². The van der Waals surface area contributed by atoms with Crippen molar-refractivity contribution in [3.05, 3.63) is 0 Å². The molecule has 1 aliphatic rings. The molecule has 0 unspecified atom stereocenters. The maximum Gasteiger partial charge on any atom is 0.176 e. The zero-order valence-corrected chi connectivity index (χ0v) is 6.68. The van der Waals surface area contributed by atoms with Crippen LogP contribution in [0.15, 0.2) is 0 Å². The average molecular weight is 130 g/mol. The third-order valence-corrected chi connectivity index (χ3v) is 4.61. The molecule has 0 aromatic carbocycles. The van der Waals surface area contributed by atoms with Gasteiger partial charge in [-0.05, 0) is 19.0 Å². The van der Waals surface area contributed by atoms with Crippen molar-refractivity contribution in [3.8, 4) is 0 Å². The molecule has 1 nitrogen and oxygen atoms in total. The molecule has 0 atom stereocenters. The molecule has 48 valence electrons. The van der Waals surface area contributed by atoms with E-state index < -0.39 is 9.04 Å². The molecule has 8 heavy (non-hydrogen) atoms. The Hall–Kier alpha value is 0.177. The van der Waals surface area contributed by atoms with Crippen molar-refractivity contribution < 1.29 is 4.43 Å². The fourth-order valence-electron chi connectivity index (χ4n) is 1.29. The minimum absolute atomic E-state index is 0.581. The van der Waals surface area contributed by atoms with Gasteiger partial charge in [0.05, 0.1) is 0 Å². The third-order valence-electron chi connectivity index (χ3n) is 1.70. The quantitative estimate of drug-likeness (QED) is 0.515. The van der Waals surface area contributed by atoms with E-state index in [-0.39, 0.29) is 0 Å². The minimum Gasteiger partial charge on any atom is -0.420 e. The number of hydrogen-bond donors (Lipinski definition) is 0. The highest BCUT2D eigenvalue weighted by Gasteiger charge is 2.16. The van der Waals surface area contributed by atoms with E-state index in [4.69, 9.17) is 4.43 Å². The lowest BCUT2D eigenvalue weighted by molar-refractivity contribution is 0.345. The minimum atomic E-state index is -0.581. The van der Waals surface area contributed by atoms with Crippen molar-refractivity contribution in [3.63, 3.8) is 0 Å². The summed E-state index contributed by atoms with van der Waals surface area (Å²) >= 11 is 0. The molecule has 0 aliphatic carbocycles. The van der Waals surface area contributed by atoms with Gasteiger partial charge in [-0.3, -0.25) is 0 Å². The van der Waals surface area contributed by atoms with Crippen LogP contribution in [0.1, 0.15) is 19.8 Å². The summed E-state index contributed by atoms with van der Waals surface area (Å²) in [5.41, 5.74) is 0. The van der Waals surface area contributed by atoms with Crippen LogP contribution in [-0.2, 0) is 4.43 Å². The highest BCUT2D eigenvalue weighted by molar-refractivity contribution is 6.52. The topological polar surface area (TPSA) is 9.23 Å². The van der Waals surface area contributed by atoms with Crippen molar-refractivity contribution in [2.24, 2.45) is 0 Å². The molecule has 1 fully saturated rings. The predicted molar refractivity (Wildman–Crippen MR) is 37.6 cm³/mol. The molecule has 0 saturated carbocycles. The lowest BCUT2D eigenvalue weighted by Gasteiger charge is -2.04. The number of rotatable bonds is 2. The molecule has 0 spiro atoms. The first-order valence-electron chi connectivity index (χ1n) is 3.55. The van der Waals surface area contributed by atoms with Gasteiger partial charge in [0.2, 0.25) is 0 Å². The van der Waals surface area contributed by atoms with Gasteiger partial charge in [-0.1, -0.05) is 12.8 Å². The van der Waals surface area contributed by atoms with Crippen LogP contribution < -0.4 is 0 Å². The van der Waals surface area contributed by atoms with E-state index in [0.29, 0.717) is 0 Å². The number of hydrogen-bond acceptors (Lipinski definition) is 1. The smallest absolute Gasteiger partial charge is 0.176 e. The second-order valence-electron chi connectivity index (χ2n) is 2.36. The average Bonchev–Trinajstić information content (AvgIpc) is 2.19. The second kappa shape index (κ2) is 3.25. The first kappa shape index (κ1) is 6.30. The third kappa shape index (κ3) is 1.60. The van der Waals surface area contributed by atoms with Gasteiger partial charge < -0.3 is 4.43 Å². The van der Waals surface area contributed by atoms with Crippen LogP contribution >= 0.6 is 0 Å². The maximum atomic E-state index is 5.54. The maximum absolute atomic E-state index is 5.54. The predicted octanol–water partition coefficient (Wildman–Crippen LogP) is 1.54. The molecule has 0 radical (unpaired) electrons. The lowest BCUT2D eigenvalue weighted by atomic mass is 10.4. The Bertz CT molecular complexity index is 59.5. The first-order chi connectivity index (χ1) is 3.93. The van der Waals surface area contributed by atoms with Crippen LogP contribution in [0.2, 0.25) is 12.1 Å². The van der Waals surface area contributed by atoms with E-state index in [0.717, 1.165) is 6.61 Å². The summed E-state index contributed by atoms with van der Waals surface area (Å²) in [5, 5.41) is 0. The van der Waals surface area contributed by atoms with Gasteiger partial charge in [-0.2, -0.15) is 0 Å². The summed E-state index contributed by atoms with van der Waals surface area (Å²) in [6.07, 6.45) is 2.88. The van der Waals surface area contributed by atoms with Crippen LogP contribution in [0.25, 0.3) is 0 Å². The van der Waals surface area contributed by atoms with Crippen LogP contribution in [0.5, 0.6) is 0 Å². The molecule has 2 heteroatoms. The van der Waals surface area contributed by atoms with Crippen molar-refractivity contribution in [1.29, 1.82) is 0 Å². The summed E-state index contributed by atoms with van der Waals surface area (Å²) in [6.45, 7) is 3.06. The van der Waals surface area contributed by atoms with Gasteiger partial charge in [0, 0.05) is 6.61 Å². The zero-order chi connectivity index (χ0) is 5.82. The molecule has 1 rings (SSSR count).